The number of allylic oxidation sites excluding steroid dienone is 1. The topological polar surface area (TPSA) is 164 Å². The zero-order valence-corrected chi connectivity index (χ0v) is 22.5. The minimum atomic E-state index is -4.26. The second-order valence-corrected chi connectivity index (χ2v) is 11.4. The van der Waals surface area contributed by atoms with Crippen molar-refractivity contribution in [3.05, 3.63) is 42.6 Å². The number of aliphatic hydroxyl groups is 1. The van der Waals surface area contributed by atoms with Crippen molar-refractivity contribution >= 4 is 25.4 Å². The fraction of sp³-hybridized carbons (Fsp3) is 0.520. The fourth-order valence-corrected chi connectivity index (χ4v) is 5.32. The number of aliphatic hydroxyl groups excluding tert-OH is 1. The van der Waals surface area contributed by atoms with Gasteiger partial charge in [-0.1, -0.05) is 32.0 Å². The molecule has 6 atom stereocenters. The number of esters is 1. The van der Waals surface area contributed by atoms with Gasteiger partial charge in [-0.3, -0.25) is 23.8 Å². The number of carbonyl (C=O) groups excluding carboxylic acids is 3. The van der Waals surface area contributed by atoms with Gasteiger partial charge in [-0.25, -0.2) is 4.57 Å². The van der Waals surface area contributed by atoms with Crippen molar-refractivity contribution in [2.45, 2.75) is 58.6 Å². The molecule has 0 spiro atoms. The van der Waals surface area contributed by atoms with Crippen LogP contribution in [0.15, 0.2) is 42.6 Å². The Morgan fingerprint density at radius 1 is 1.32 bits per heavy atom. The van der Waals surface area contributed by atoms with Gasteiger partial charge in [0.05, 0.1) is 25.7 Å². The van der Waals surface area contributed by atoms with E-state index in [0.29, 0.717) is 0 Å². The smallest absolute Gasteiger partial charge is 0.459 e. The molecule has 1 aromatic carbocycles. The van der Waals surface area contributed by atoms with Crippen molar-refractivity contribution < 1.29 is 42.6 Å². The maximum atomic E-state index is 13.7. The molecule has 1 unspecified atom stereocenters. The second-order valence-electron chi connectivity index (χ2n) is 9.70. The lowest BCUT2D eigenvalue weighted by Crippen LogP contribution is -2.48. The van der Waals surface area contributed by atoms with Gasteiger partial charge in [0.2, 0.25) is 5.91 Å². The van der Waals surface area contributed by atoms with Crippen molar-refractivity contribution in [1.29, 1.82) is 5.26 Å². The van der Waals surface area contributed by atoms with Gasteiger partial charge in [-0.15, -0.1) is 0 Å². The third-order valence-electron chi connectivity index (χ3n) is 5.95. The van der Waals surface area contributed by atoms with Gasteiger partial charge >= 0.3 is 13.7 Å². The van der Waals surface area contributed by atoms with Gasteiger partial charge in [-0.05, 0) is 38.0 Å². The number of para-hydroxylation sites is 1. The van der Waals surface area contributed by atoms with E-state index in [2.05, 4.69) is 5.09 Å². The summed E-state index contributed by atoms with van der Waals surface area (Å²) < 4.78 is 35.9. The Morgan fingerprint density at radius 3 is 2.61 bits per heavy atom. The Balaban J connectivity index is 1.78. The van der Waals surface area contributed by atoms with Crippen molar-refractivity contribution in [1.82, 2.24) is 9.99 Å². The monoisotopic (exact) mass is 549 g/mol. The van der Waals surface area contributed by atoms with Crippen LogP contribution in [0.4, 0.5) is 0 Å². The number of hydrogen-bond acceptors (Lipinski definition) is 10. The summed E-state index contributed by atoms with van der Waals surface area (Å²) in [6, 6.07) is 9.02. The van der Waals surface area contributed by atoms with Gasteiger partial charge in [0.25, 0.3) is 0 Å². The zero-order valence-electron chi connectivity index (χ0n) is 21.6. The predicted molar refractivity (Wildman–Crippen MR) is 133 cm³/mol. The van der Waals surface area contributed by atoms with Gasteiger partial charge in [0.1, 0.15) is 29.4 Å². The van der Waals surface area contributed by atoms with E-state index < -0.39 is 68.3 Å². The number of nitrogens with zero attached hydrogens (tertiary/aromatic N) is 2. The molecule has 3 rings (SSSR count). The van der Waals surface area contributed by atoms with Crippen LogP contribution in [0, 0.1) is 22.7 Å². The van der Waals surface area contributed by atoms with Crippen LogP contribution >= 0.6 is 7.75 Å². The summed E-state index contributed by atoms with van der Waals surface area (Å²) in [5.74, 6) is -1.37. The van der Waals surface area contributed by atoms with Crippen LogP contribution in [-0.4, -0.2) is 65.4 Å². The number of ether oxygens (including phenoxy) is 2. The fourth-order valence-electron chi connectivity index (χ4n) is 3.82. The molecule has 2 aliphatic rings. The van der Waals surface area contributed by atoms with Crippen molar-refractivity contribution in [3.63, 3.8) is 0 Å². The average molecular weight is 550 g/mol. The van der Waals surface area contributed by atoms with E-state index in [-0.39, 0.29) is 18.3 Å². The van der Waals surface area contributed by atoms with E-state index in [1.54, 1.807) is 30.3 Å². The maximum Gasteiger partial charge on any atom is 0.459 e. The number of carbonyl (C=O) groups is 3. The summed E-state index contributed by atoms with van der Waals surface area (Å²) in [6.07, 6.45) is -1.91. The van der Waals surface area contributed by atoms with E-state index in [9.17, 15) is 29.3 Å². The number of rotatable bonds is 11. The highest BCUT2D eigenvalue weighted by Gasteiger charge is 2.57. The van der Waals surface area contributed by atoms with Crippen LogP contribution in [0.3, 0.4) is 0 Å². The highest BCUT2D eigenvalue weighted by atomic mass is 31.2. The quantitative estimate of drug-likeness (QED) is 0.236. The molecule has 1 aromatic rings. The Kier molecular flexibility index (Phi) is 9.46. The molecule has 2 N–H and O–H groups in total. The molecular formula is C25H32N3O9P. The van der Waals surface area contributed by atoms with Crippen molar-refractivity contribution in [2.75, 3.05) is 13.2 Å². The molecule has 1 fully saturated rings. The molecule has 13 heteroatoms. The highest BCUT2D eigenvalue weighted by Crippen LogP contribution is 2.47. The molecule has 38 heavy (non-hydrogen) atoms. The Labute approximate surface area is 221 Å². The van der Waals surface area contributed by atoms with Crippen LogP contribution in [0.1, 0.15) is 34.1 Å². The molecular weight excluding hydrogens is 517 g/mol. The van der Waals surface area contributed by atoms with Crippen LogP contribution < -0.4 is 9.61 Å². The first-order valence-corrected chi connectivity index (χ1v) is 13.6. The highest BCUT2D eigenvalue weighted by molar-refractivity contribution is 7.52. The van der Waals surface area contributed by atoms with Crippen LogP contribution in [0.2, 0.25) is 0 Å². The summed E-state index contributed by atoms with van der Waals surface area (Å²) >= 11 is 0. The molecule has 0 aliphatic carbocycles. The van der Waals surface area contributed by atoms with E-state index in [4.69, 9.17) is 18.5 Å². The SMILES string of the molecule is CC(C)COC(=O)[C@H](C)NP(=O)(OC[C@H]1O[C@@H](N2C=CC(=O)CC2=O)[C@](C)(C#N)[C@@H]1O)Oc1ccccc1. The van der Waals surface area contributed by atoms with Crippen LogP contribution in [0.25, 0.3) is 0 Å². The van der Waals surface area contributed by atoms with E-state index in [1.807, 2.05) is 19.9 Å². The minimum absolute atomic E-state index is 0.0953. The average Bonchev–Trinajstić information content (AvgIpc) is 3.12. The zero-order chi connectivity index (χ0) is 28.1. The normalized spacial score (nSPS) is 27.6. The Morgan fingerprint density at radius 2 is 2.00 bits per heavy atom. The second kappa shape index (κ2) is 12.2. The Bertz CT molecular complexity index is 1150. The van der Waals surface area contributed by atoms with Crippen molar-refractivity contribution in [2.24, 2.45) is 11.3 Å². The first-order valence-electron chi connectivity index (χ1n) is 12.1. The minimum Gasteiger partial charge on any atom is -0.464 e. The van der Waals surface area contributed by atoms with Gasteiger partial charge in [0, 0.05) is 6.20 Å². The number of benzene rings is 1. The molecule has 0 aromatic heterocycles. The summed E-state index contributed by atoms with van der Waals surface area (Å²) in [5.41, 5.74) is -1.60. The molecule has 0 saturated carbocycles. The van der Waals surface area contributed by atoms with Crippen LogP contribution in [-0.2, 0) is 32.9 Å². The van der Waals surface area contributed by atoms with Gasteiger partial charge in [-0.2, -0.15) is 10.3 Å². The summed E-state index contributed by atoms with van der Waals surface area (Å²) in [5, 5.41) is 23.3. The lowest BCUT2D eigenvalue weighted by molar-refractivity contribution is -0.147. The lowest BCUT2D eigenvalue weighted by atomic mass is 9.83. The number of nitrogens with one attached hydrogen (secondary N) is 1. The summed E-state index contributed by atoms with van der Waals surface area (Å²) in [7, 11) is -4.26. The molecule has 0 bridgehead atoms. The summed E-state index contributed by atoms with van der Waals surface area (Å²) in [6.45, 7) is 6.24. The maximum absolute atomic E-state index is 13.7. The third-order valence-corrected chi connectivity index (χ3v) is 7.60. The first kappa shape index (κ1) is 29.5. The van der Waals surface area contributed by atoms with Crippen molar-refractivity contribution in [3.8, 4) is 11.8 Å². The number of hydrogen-bond donors (Lipinski definition) is 2. The van der Waals surface area contributed by atoms with Gasteiger partial charge in [0.15, 0.2) is 12.0 Å². The molecule has 12 nitrogen and oxygen atoms in total. The number of ketones is 1. The molecule has 206 valence electrons. The summed E-state index contributed by atoms with van der Waals surface area (Å²) in [4.78, 5) is 37.5. The largest absolute Gasteiger partial charge is 0.464 e. The number of amides is 1. The first-order chi connectivity index (χ1) is 17.9. The molecule has 1 amide bonds. The van der Waals surface area contributed by atoms with E-state index >= 15 is 0 Å². The van der Waals surface area contributed by atoms with E-state index in [0.717, 1.165) is 4.90 Å². The lowest BCUT2D eigenvalue weighted by Gasteiger charge is -2.33. The predicted octanol–water partition coefficient (Wildman–Crippen LogP) is 2.30. The molecule has 0 radical (unpaired) electrons. The molecule has 2 heterocycles. The van der Waals surface area contributed by atoms with Crippen LogP contribution in [0.5, 0.6) is 5.75 Å². The van der Waals surface area contributed by atoms with Gasteiger partial charge < -0.3 is 19.1 Å². The number of nitriles is 1. The third kappa shape index (κ3) is 6.87. The molecule has 2 aliphatic heterocycles. The standard InChI is InChI=1S/C25H32N3O9P/c1-16(2)13-34-23(32)17(3)27-38(33,37-19-8-6-5-7-9-19)35-14-20-22(31)25(4,15-26)24(36-20)28-11-10-18(29)12-21(28)30/h5-11,16-17,20,22,24,31H,12-14H2,1-4H3,(H,27,33)/t17-,20+,22+,24+,25+,38?/m0/s1. The molecule has 1 saturated heterocycles. The Hall–Kier alpha value is -3.07. The van der Waals surface area contributed by atoms with E-state index in [1.165, 1.54) is 26.1 Å².